The first-order chi connectivity index (χ1) is 14.6. The summed E-state index contributed by atoms with van der Waals surface area (Å²) < 4.78 is 25.4. The Bertz CT molecular complexity index is 1000. The number of oxime groups is 1. The number of halogens is 2. The maximum atomic E-state index is 14.5. The van der Waals surface area contributed by atoms with Crippen molar-refractivity contribution < 1.29 is 28.3 Å². The van der Waals surface area contributed by atoms with E-state index >= 15 is 0 Å². The van der Waals surface area contributed by atoms with Crippen LogP contribution < -0.4 is 10.1 Å². The zero-order valence-corrected chi connectivity index (χ0v) is 18.5. The van der Waals surface area contributed by atoms with Gasteiger partial charge in [0.25, 0.3) is 5.91 Å². The van der Waals surface area contributed by atoms with Crippen molar-refractivity contribution in [2.75, 3.05) is 14.2 Å². The molecule has 8 nitrogen and oxygen atoms in total. The number of esters is 1. The summed E-state index contributed by atoms with van der Waals surface area (Å²) in [5.74, 6) is -1.79. The van der Waals surface area contributed by atoms with Gasteiger partial charge >= 0.3 is 5.97 Å². The number of hydrogen-bond acceptors (Lipinski definition) is 7. The van der Waals surface area contributed by atoms with Gasteiger partial charge in [0, 0.05) is 24.4 Å². The molecule has 1 amide bonds. The molecule has 10 heteroatoms. The maximum Gasteiger partial charge on any atom is 0.340 e. The molecule has 2 rings (SSSR count). The number of aromatic nitrogens is 1. The number of nitrogens with zero attached hydrogens (tertiary/aromatic N) is 2. The standard InChI is InChI=1S/C21H23ClFN3O5/c1-21(2,3)31-20(28)12-9-15(22)19(25-10-12)30-11-14-13(7-6-8-16(14)23)17(26-29-5)18(27)24-4/h6-10H,11H2,1-5H3,(H,24,27)/b26-17-. The highest BCUT2D eigenvalue weighted by Crippen LogP contribution is 2.26. The lowest BCUT2D eigenvalue weighted by atomic mass is 10.0. The van der Waals surface area contributed by atoms with Crippen molar-refractivity contribution in [3.63, 3.8) is 0 Å². The molecule has 0 saturated carbocycles. The minimum atomic E-state index is -0.674. The van der Waals surface area contributed by atoms with Crippen molar-refractivity contribution in [3.05, 3.63) is 58.0 Å². The predicted molar refractivity (Wildman–Crippen MR) is 113 cm³/mol. The van der Waals surface area contributed by atoms with Crippen molar-refractivity contribution in [2.45, 2.75) is 33.0 Å². The van der Waals surface area contributed by atoms with Crippen LogP contribution >= 0.6 is 11.6 Å². The molecule has 1 N–H and O–H groups in total. The van der Waals surface area contributed by atoms with Gasteiger partial charge in [-0.1, -0.05) is 28.9 Å². The van der Waals surface area contributed by atoms with Gasteiger partial charge in [-0.15, -0.1) is 0 Å². The van der Waals surface area contributed by atoms with E-state index in [0.29, 0.717) is 0 Å². The molecule has 2 aromatic rings. The van der Waals surface area contributed by atoms with Crippen LogP contribution in [0.4, 0.5) is 4.39 Å². The Hall–Kier alpha value is -3.20. The lowest BCUT2D eigenvalue weighted by molar-refractivity contribution is -0.114. The van der Waals surface area contributed by atoms with Gasteiger partial charge in [0.15, 0.2) is 5.71 Å². The average molecular weight is 452 g/mol. The second-order valence-corrected chi connectivity index (χ2v) is 7.68. The molecular weight excluding hydrogens is 429 g/mol. The first-order valence-electron chi connectivity index (χ1n) is 9.20. The maximum absolute atomic E-state index is 14.5. The largest absolute Gasteiger partial charge is 0.472 e. The molecule has 1 heterocycles. The molecule has 0 atom stereocenters. The number of carbonyl (C=O) groups is 2. The third-order valence-electron chi connectivity index (χ3n) is 3.79. The Balaban J connectivity index is 2.29. The Morgan fingerprint density at radius 3 is 2.58 bits per heavy atom. The highest BCUT2D eigenvalue weighted by molar-refractivity contribution is 6.45. The number of hydrogen-bond donors (Lipinski definition) is 1. The van der Waals surface area contributed by atoms with E-state index in [4.69, 9.17) is 25.9 Å². The Morgan fingerprint density at radius 2 is 2.00 bits per heavy atom. The predicted octanol–water partition coefficient (Wildman–Crippen LogP) is 3.50. The molecule has 0 bridgehead atoms. The van der Waals surface area contributed by atoms with Gasteiger partial charge in [-0.2, -0.15) is 0 Å². The molecule has 1 aromatic heterocycles. The highest BCUT2D eigenvalue weighted by atomic mass is 35.5. The number of ether oxygens (including phenoxy) is 2. The minimum absolute atomic E-state index is 0.0200. The van der Waals surface area contributed by atoms with Crippen molar-refractivity contribution in [1.29, 1.82) is 0 Å². The first kappa shape index (κ1) is 24.1. The average Bonchev–Trinajstić information content (AvgIpc) is 2.70. The summed E-state index contributed by atoms with van der Waals surface area (Å²) in [4.78, 5) is 33.0. The number of likely N-dealkylation sites (N-methyl/N-ethyl adjacent to an activating group) is 1. The molecule has 31 heavy (non-hydrogen) atoms. The number of pyridine rings is 1. The van der Waals surface area contributed by atoms with Crippen LogP contribution in [0.2, 0.25) is 5.02 Å². The molecule has 1 aromatic carbocycles. The fourth-order valence-corrected chi connectivity index (χ4v) is 2.69. The molecule has 166 valence electrons. The fourth-order valence-electron chi connectivity index (χ4n) is 2.47. The normalized spacial score (nSPS) is 11.6. The third-order valence-corrected chi connectivity index (χ3v) is 4.06. The highest BCUT2D eigenvalue weighted by Gasteiger charge is 2.22. The van der Waals surface area contributed by atoms with Gasteiger partial charge in [0.05, 0.1) is 5.56 Å². The zero-order chi connectivity index (χ0) is 23.2. The Morgan fingerprint density at radius 1 is 1.29 bits per heavy atom. The Kier molecular flexibility index (Phi) is 7.93. The van der Waals surface area contributed by atoms with Crippen molar-refractivity contribution in [3.8, 4) is 5.88 Å². The second-order valence-electron chi connectivity index (χ2n) is 7.27. The summed E-state index contributed by atoms with van der Waals surface area (Å²) >= 11 is 6.18. The van der Waals surface area contributed by atoms with Crippen molar-refractivity contribution in [2.24, 2.45) is 5.16 Å². The van der Waals surface area contributed by atoms with Crippen LogP contribution in [0.3, 0.4) is 0 Å². The summed E-state index contributed by atoms with van der Waals surface area (Å²) in [5, 5.41) is 6.15. The molecule has 0 aliphatic heterocycles. The van der Waals surface area contributed by atoms with Crippen LogP contribution in [0, 0.1) is 5.82 Å². The molecule has 0 saturated heterocycles. The van der Waals surface area contributed by atoms with E-state index in [9.17, 15) is 14.0 Å². The first-order valence-corrected chi connectivity index (χ1v) is 9.58. The van der Waals surface area contributed by atoms with Gasteiger partial charge in [-0.05, 0) is 32.9 Å². The molecule has 0 unspecified atom stereocenters. The molecule has 0 radical (unpaired) electrons. The summed E-state index contributed by atoms with van der Waals surface area (Å²) in [6.07, 6.45) is 1.25. The number of carbonyl (C=O) groups excluding carboxylic acids is 2. The van der Waals surface area contributed by atoms with Crippen LogP contribution in [0.25, 0.3) is 0 Å². The lowest BCUT2D eigenvalue weighted by Crippen LogP contribution is -2.29. The molecule has 0 fully saturated rings. The van der Waals surface area contributed by atoms with E-state index in [-0.39, 0.29) is 39.9 Å². The van der Waals surface area contributed by atoms with E-state index in [2.05, 4.69) is 15.5 Å². The van der Waals surface area contributed by atoms with E-state index in [1.807, 2.05) is 0 Å². The van der Waals surface area contributed by atoms with Crippen LogP contribution in [0.1, 0.15) is 42.3 Å². The summed E-state index contributed by atoms with van der Waals surface area (Å²) in [6, 6.07) is 5.51. The second kappa shape index (κ2) is 10.2. The molecule has 0 spiro atoms. The van der Waals surface area contributed by atoms with E-state index in [0.717, 1.165) is 0 Å². The number of rotatable bonds is 7. The monoisotopic (exact) mass is 451 g/mol. The summed E-state index contributed by atoms with van der Waals surface area (Å²) in [7, 11) is 2.69. The number of nitrogens with one attached hydrogen (secondary N) is 1. The minimum Gasteiger partial charge on any atom is -0.472 e. The van der Waals surface area contributed by atoms with Gasteiger partial charge < -0.3 is 19.6 Å². The number of amides is 1. The Labute approximate surface area is 184 Å². The van der Waals surface area contributed by atoms with E-state index in [1.165, 1.54) is 44.6 Å². The lowest BCUT2D eigenvalue weighted by Gasteiger charge is -2.19. The van der Waals surface area contributed by atoms with Crippen LogP contribution in [-0.2, 0) is 21.0 Å². The van der Waals surface area contributed by atoms with Crippen LogP contribution in [-0.4, -0.2) is 42.3 Å². The quantitative estimate of drug-likeness (QED) is 0.393. The van der Waals surface area contributed by atoms with Crippen molar-refractivity contribution in [1.82, 2.24) is 10.3 Å². The zero-order valence-electron chi connectivity index (χ0n) is 17.8. The molecular formula is C21H23ClFN3O5. The van der Waals surface area contributed by atoms with E-state index in [1.54, 1.807) is 20.8 Å². The van der Waals surface area contributed by atoms with Gasteiger partial charge in [0.1, 0.15) is 30.2 Å². The molecule has 0 aliphatic rings. The van der Waals surface area contributed by atoms with Crippen molar-refractivity contribution >= 4 is 29.2 Å². The molecule has 0 aliphatic carbocycles. The van der Waals surface area contributed by atoms with Gasteiger partial charge in [-0.3, -0.25) is 4.79 Å². The van der Waals surface area contributed by atoms with Gasteiger partial charge in [0.2, 0.25) is 5.88 Å². The van der Waals surface area contributed by atoms with Gasteiger partial charge in [-0.25, -0.2) is 14.2 Å². The van der Waals surface area contributed by atoms with Crippen LogP contribution in [0.15, 0.2) is 35.6 Å². The summed E-state index contributed by atoms with van der Waals surface area (Å²) in [6.45, 7) is 4.91. The van der Waals surface area contributed by atoms with Crippen LogP contribution in [0.5, 0.6) is 5.88 Å². The number of benzene rings is 1. The summed E-state index contributed by atoms with van der Waals surface area (Å²) in [5.41, 5.74) is -0.416. The SMILES string of the molecule is CNC(=O)/C(=N\OC)c1cccc(F)c1COc1ncc(C(=O)OC(C)(C)C)cc1Cl. The third kappa shape index (κ3) is 6.39. The van der Waals surface area contributed by atoms with E-state index < -0.39 is 23.3 Å². The topological polar surface area (TPSA) is 99.1 Å². The smallest absolute Gasteiger partial charge is 0.340 e. The fraction of sp³-hybridized carbons (Fsp3) is 0.333.